The van der Waals surface area contributed by atoms with Crippen molar-refractivity contribution >= 4 is 17.9 Å². The van der Waals surface area contributed by atoms with Crippen molar-refractivity contribution in [1.29, 1.82) is 0 Å². The zero-order valence-electron chi connectivity index (χ0n) is 13.3. The average molecular weight is 336 g/mol. The number of carbonyl (C=O) groups excluding carboxylic acids is 3. The third-order valence-electron chi connectivity index (χ3n) is 3.95. The highest BCUT2D eigenvalue weighted by Crippen LogP contribution is 2.25. The van der Waals surface area contributed by atoms with Gasteiger partial charge in [-0.25, -0.2) is 14.1 Å². The summed E-state index contributed by atoms with van der Waals surface area (Å²) in [6.07, 6.45) is -1.14. The highest BCUT2D eigenvalue weighted by molar-refractivity contribution is 6.04. The minimum atomic E-state index is -1.25. The first kappa shape index (κ1) is 16.2. The van der Waals surface area contributed by atoms with Crippen LogP contribution >= 0.6 is 0 Å². The van der Waals surface area contributed by atoms with Crippen LogP contribution in [0.2, 0.25) is 0 Å². The summed E-state index contributed by atoms with van der Waals surface area (Å²) < 4.78 is 23.9. The first-order valence-electron chi connectivity index (χ1n) is 7.52. The summed E-state index contributed by atoms with van der Waals surface area (Å²) in [5, 5.41) is 0. The summed E-state index contributed by atoms with van der Waals surface area (Å²) in [7, 11) is 0. The smallest absolute Gasteiger partial charge is 0.418 e. The molecule has 0 aromatic heterocycles. The van der Waals surface area contributed by atoms with Crippen LogP contribution in [0.5, 0.6) is 5.75 Å². The Labute approximate surface area is 137 Å². The maximum absolute atomic E-state index is 13.5. The molecule has 0 spiro atoms. The molecule has 3 rings (SSSR count). The molecule has 0 atom stereocenters. The second kappa shape index (κ2) is 5.77. The van der Waals surface area contributed by atoms with E-state index in [2.05, 4.69) is 0 Å². The number of carbonyl (C=O) groups is 3. The van der Waals surface area contributed by atoms with E-state index in [0.29, 0.717) is 0 Å². The maximum Gasteiger partial charge on any atom is 0.418 e. The number of imide groups is 1. The van der Waals surface area contributed by atoms with E-state index in [0.717, 1.165) is 4.90 Å². The monoisotopic (exact) mass is 336 g/mol. The highest BCUT2D eigenvalue weighted by atomic mass is 19.1. The Balaban J connectivity index is 1.51. The quantitative estimate of drug-likeness (QED) is 0.825. The normalized spacial score (nSPS) is 20.0. The van der Waals surface area contributed by atoms with Gasteiger partial charge in [0.1, 0.15) is 12.6 Å². The highest BCUT2D eigenvalue weighted by Gasteiger charge is 2.48. The van der Waals surface area contributed by atoms with Gasteiger partial charge in [-0.3, -0.25) is 9.59 Å². The molecule has 1 aromatic rings. The Morgan fingerprint density at radius 2 is 2.00 bits per heavy atom. The number of likely N-dealkylation sites (tertiary alicyclic amines) is 1. The SMILES string of the molecule is CC1(C)OC(=O)N(CC(=O)N2CC(Oc3ccccc3F)C2)C1=O. The van der Waals surface area contributed by atoms with Crippen molar-refractivity contribution in [2.75, 3.05) is 19.6 Å². The fraction of sp³-hybridized carbons (Fsp3) is 0.438. The standard InChI is InChI=1S/C16H17FN2O5/c1-16(2)14(21)19(15(22)24-16)9-13(20)18-7-10(8-18)23-12-6-4-3-5-11(12)17/h3-6,10H,7-9H2,1-2H3. The molecule has 3 amide bonds. The van der Waals surface area contributed by atoms with Gasteiger partial charge >= 0.3 is 6.09 Å². The van der Waals surface area contributed by atoms with Gasteiger partial charge in [-0.1, -0.05) is 12.1 Å². The van der Waals surface area contributed by atoms with Crippen LogP contribution in [-0.2, 0) is 14.3 Å². The number of halogens is 1. The number of benzene rings is 1. The van der Waals surface area contributed by atoms with Gasteiger partial charge in [-0.2, -0.15) is 0 Å². The maximum atomic E-state index is 13.5. The molecule has 2 aliphatic rings. The van der Waals surface area contributed by atoms with Crippen LogP contribution in [0.15, 0.2) is 24.3 Å². The molecule has 8 heteroatoms. The molecule has 0 aliphatic carbocycles. The van der Waals surface area contributed by atoms with Crippen molar-refractivity contribution in [2.24, 2.45) is 0 Å². The number of amides is 3. The average Bonchev–Trinajstić information content (AvgIpc) is 2.66. The van der Waals surface area contributed by atoms with Crippen molar-refractivity contribution in [3.8, 4) is 5.75 Å². The molecular weight excluding hydrogens is 319 g/mol. The van der Waals surface area contributed by atoms with Crippen molar-refractivity contribution < 1.29 is 28.2 Å². The second-order valence-electron chi connectivity index (χ2n) is 6.24. The molecule has 0 saturated carbocycles. The Morgan fingerprint density at radius 1 is 1.33 bits per heavy atom. The van der Waals surface area contributed by atoms with E-state index in [9.17, 15) is 18.8 Å². The minimum absolute atomic E-state index is 0.134. The Hall–Kier alpha value is -2.64. The zero-order valence-corrected chi connectivity index (χ0v) is 13.3. The molecule has 7 nitrogen and oxygen atoms in total. The van der Waals surface area contributed by atoms with Crippen molar-refractivity contribution in [3.05, 3.63) is 30.1 Å². The molecular formula is C16H17FN2O5. The number of para-hydroxylation sites is 1. The van der Waals surface area contributed by atoms with Crippen molar-refractivity contribution in [2.45, 2.75) is 25.6 Å². The van der Waals surface area contributed by atoms with Crippen LogP contribution < -0.4 is 4.74 Å². The largest absolute Gasteiger partial charge is 0.484 e. The van der Waals surface area contributed by atoms with Gasteiger partial charge in [0.05, 0.1) is 13.1 Å². The summed E-state index contributed by atoms with van der Waals surface area (Å²) in [6.45, 7) is 3.12. The summed E-state index contributed by atoms with van der Waals surface area (Å²) >= 11 is 0. The van der Waals surface area contributed by atoms with Gasteiger partial charge in [0.2, 0.25) is 5.91 Å². The predicted octanol–water partition coefficient (Wildman–Crippen LogP) is 1.17. The lowest BCUT2D eigenvalue weighted by molar-refractivity contribution is -0.145. The van der Waals surface area contributed by atoms with E-state index >= 15 is 0 Å². The molecule has 24 heavy (non-hydrogen) atoms. The van der Waals surface area contributed by atoms with Crippen LogP contribution in [0.4, 0.5) is 9.18 Å². The number of hydrogen-bond acceptors (Lipinski definition) is 5. The summed E-state index contributed by atoms with van der Waals surface area (Å²) in [6, 6.07) is 6.03. The van der Waals surface area contributed by atoms with Crippen LogP contribution in [-0.4, -0.2) is 59.0 Å². The van der Waals surface area contributed by atoms with Crippen LogP contribution in [0.25, 0.3) is 0 Å². The molecule has 2 saturated heterocycles. The minimum Gasteiger partial charge on any atom is -0.484 e. The first-order chi connectivity index (χ1) is 11.3. The predicted molar refractivity (Wildman–Crippen MR) is 79.7 cm³/mol. The lowest BCUT2D eigenvalue weighted by atomic mass is 10.1. The van der Waals surface area contributed by atoms with E-state index in [1.54, 1.807) is 12.1 Å². The fourth-order valence-electron chi connectivity index (χ4n) is 2.53. The lowest BCUT2D eigenvalue weighted by Crippen LogP contribution is -2.58. The van der Waals surface area contributed by atoms with Crippen molar-refractivity contribution in [3.63, 3.8) is 0 Å². The van der Waals surface area contributed by atoms with E-state index in [1.165, 1.54) is 30.9 Å². The Morgan fingerprint density at radius 3 is 2.58 bits per heavy atom. The van der Waals surface area contributed by atoms with Gasteiger partial charge in [0.15, 0.2) is 17.2 Å². The fourth-order valence-corrected chi connectivity index (χ4v) is 2.53. The Kier molecular flexibility index (Phi) is 3.90. The van der Waals surface area contributed by atoms with Crippen LogP contribution in [0.1, 0.15) is 13.8 Å². The number of ether oxygens (including phenoxy) is 2. The van der Waals surface area contributed by atoms with Crippen LogP contribution in [0.3, 0.4) is 0 Å². The molecule has 2 fully saturated rings. The third kappa shape index (κ3) is 2.91. The summed E-state index contributed by atoms with van der Waals surface area (Å²) in [4.78, 5) is 38.0. The van der Waals surface area contributed by atoms with Gasteiger partial charge in [0.25, 0.3) is 5.91 Å². The van der Waals surface area contributed by atoms with Gasteiger partial charge in [-0.15, -0.1) is 0 Å². The second-order valence-corrected chi connectivity index (χ2v) is 6.24. The molecule has 1 aromatic carbocycles. The number of cyclic esters (lactones) is 1. The zero-order chi connectivity index (χ0) is 17.5. The summed E-state index contributed by atoms with van der Waals surface area (Å²) in [5.41, 5.74) is -1.25. The third-order valence-corrected chi connectivity index (χ3v) is 3.95. The lowest BCUT2D eigenvalue weighted by Gasteiger charge is -2.39. The molecule has 0 radical (unpaired) electrons. The van der Waals surface area contributed by atoms with E-state index < -0.39 is 23.4 Å². The van der Waals surface area contributed by atoms with Gasteiger partial charge in [-0.05, 0) is 26.0 Å². The molecule has 0 bridgehead atoms. The molecule has 2 aliphatic heterocycles. The first-order valence-corrected chi connectivity index (χ1v) is 7.52. The number of nitrogens with zero attached hydrogens (tertiary/aromatic N) is 2. The molecule has 2 heterocycles. The molecule has 0 unspecified atom stereocenters. The Bertz CT molecular complexity index is 699. The van der Waals surface area contributed by atoms with Crippen molar-refractivity contribution in [1.82, 2.24) is 9.80 Å². The van der Waals surface area contributed by atoms with Gasteiger partial charge < -0.3 is 14.4 Å². The van der Waals surface area contributed by atoms with E-state index in [-0.39, 0.29) is 37.4 Å². The van der Waals surface area contributed by atoms with E-state index in [4.69, 9.17) is 9.47 Å². The number of rotatable bonds is 4. The summed E-state index contributed by atoms with van der Waals surface area (Å²) in [5.74, 6) is -1.25. The van der Waals surface area contributed by atoms with Crippen LogP contribution in [0, 0.1) is 5.82 Å². The molecule has 0 N–H and O–H groups in total. The topological polar surface area (TPSA) is 76.2 Å². The van der Waals surface area contributed by atoms with E-state index in [1.807, 2.05) is 0 Å². The van der Waals surface area contributed by atoms with Gasteiger partial charge in [0, 0.05) is 0 Å². The number of hydrogen-bond donors (Lipinski definition) is 0. The molecule has 128 valence electrons.